The van der Waals surface area contributed by atoms with Crippen molar-refractivity contribution in [2.45, 2.75) is 52.4 Å². The van der Waals surface area contributed by atoms with Crippen LogP contribution >= 0.6 is 0 Å². The van der Waals surface area contributed by atoms with Crippen LogP contribution in [0.4, 0.5) is 11.4 Å². The molecule has 0 bridgehead atoms. The van der Waals surface area contributed by atoms with Gasteiger partial charge in [-0.1, -0.05) is 51.8 Å². The van der Waals surface area contributed by atoms with E-state index in [0.29, 0.717) is 29.5 Å². The van der Waals surface area contributed by atoms with Gasteiger partial charge in [-0.3, -0.25) is 9.59 Å². The largest absolute Gasteiger partial charge is 0.484 e. The fourth-order valence-electron chi connectivity index (χ4n) is 2.73. The fourth-order valence-corrected chi connectivity index (χ4v) is 2.73. The van der Waals surface area contributed by atoms with Crippen molar-refractivity contribution in [1.82, 2.24) is 0 Å². The highest BCUT2D eigenvalue weighted by atomic mass is 16.5. The molecule has 0 atom stereocenters. The first-order valence-electron chi connectivity index (χ1n) is 9.90. The van der Waals surface area contributed by atoms with E-state index in [9.17, 15) is 9.59 Å². The molecule has 5 nitrogen and oxygen atoms in total. The second-order valence-electron chi connectivity index (χ2n) is 7.15. The third-order valence-electron chi connectivity index (χ3n) is 4.35. The molecule has 5 heteroatoms. The quantitative estimate of drug-likeness (QED) is 0.545. The number of hydrogen-bond donors (Lipinski definition) is 2. The van der Waals surface area contributed by atoms with Crippen molar-refractivity contribution in [2.75, 3.05) is 17.2 Å². The molecule has 0 heterocycles. The Morgan fingerprint density at radius 3 is 2.18 bits per heavy atom. The Morgan fingerprint density at radius 2 is 1.57 bits per heavy atom. The van der Waals surface area contributed by atoms with Crippen molar-refractivity contribution in [1.29, 1.82) is 0 Å². The number of benzene rings is 2. The second-order valence-corrected chi connectivity index (χ2v) is 7.15. The van der Waals surface area contributed by atoms with Gasteiger partial charge in [-0.25, -0.2) is 0 Å². The minimum absolute atomic E-state index is 0.00916. The Hall–Kier alpha value is -2.82. The van der Waals surface area contributed by atoms with E-state index in [4.69, 9.17) is 4.74 Å². The topological polar surface area (TPSA) is 67.4 Å². The number of carbonyl (C=O) groups excluding carboxylic acids is 2. The number of hydrogen-bond acceptors (Lipinski definition) is 3. The van der Waals surface area contributed by atoms with Crippen molar-refractivity contribution in [3.05, 3.63) is 54.1 Å². The lowest BCUT2D eigenvalue weighted by molar-refractivity contribution is -0.118. The van der Waals surface area contributed by atoms with Crippen LogP contribution < -0.4 is 15.4 Å². The van der Waals surface area contributed by atoms with Crippen molar-refractivity contribution >= 4 is 23.2 Å². The number of anilines is 2. The maximum atomic E-state index is 12.1. The summed E-state index contributed by atoms with van der Waals surface area (Å²) < 4.78 is 5.54. The first-order chi connectivity index (χ1) is 13.5. The number of nitrogens with one attached hydrogen (secondary N) is 2. The average Bonchev–Trinajstić information content (AvgIpc) is 2.67. The van der Waals surface area contributed by atoms with Crippen LogP contribution in [0.3, 0.4) is 0 Å². The lowest BCUT2D eigenvalue weighted by Crippen LogP contribution is -2.20. The molecule has 2 aromatic carbocycles. The standard InChI is InChI=1S/C23H30N2O3/c1-4-5-6-10-22(26)24-19-8-7-9-20(15-19)25-23(27)16-28-21-13-11-18(12-14-21)17(2)3/h7-9,11-15,17H,4-6,10,16H2,1-3H3,(H,24,26)(H,25,27). The summed E-state index contributed by atoms with van der Waals surface area (Å²) in [7, 11) is 0. The minimum Gasteiger partial charge on any atom is -0.484 e. The van der Waals surface area contributed by atoms with Gasteiger partial charge in [0.05, 0.1) is 0 Å². The molecule has 0 spiro atoms. The van der Waals surface area contributed by atoms with Gasteiger partial charge in [-0.2, -0.15) is 0 Å². The van der Waals surface area contributed by atoms with E-state index in [1.54, 1.807) is 24.3 Å². The number of ether oxygens (including phenoxy) is 1. The van der Waals surface area contributed by atoms with Crippen LogP contribution in [-0.4, -0.2) is 18.4 Å². The highest BCUT2D eigenvalue weighted by Gasteiger charge is 2.07. The Balaban J connectivity index is 1.82. The molecular weight excluding hydrogens is 352 g/mol. The summed E-state index contributed by atoms with van der Waals surface area (Å²) in [5.41, 5.74) is 2.52. The summed E-state index contributed by atoms with van der Waals surface area (Å²) in [4.78, 5) is 24.1. The first kappa shape index (κ1) is 21.5. The van der Waals surface area contributed by atoms with Crippen LogP contribution in [0.15, 0.2) is 48.5 Å². The summed E-state index contributed by atoms with van der Waals surface area (Å²) in [5, 5.41) is 5.66. The molecule has 0 aliphatic rings. The van der Waals surface area contributed by atoms with E-state index in [-0.39, 0.29) is 18.4 Å². The predicted octanol–water partition coefficient (Wildman–Crippen LogP) is 5.35. The van der Waals surface area contributed by atoms with E-state index in [0.717, 1.165) is 19.3 Å². The van der Waals surface area contributed by atoms with Gasteiger partial charge < -0.3 is 15.4 Å². The Labute approximate surface area is 167 Å². The van der Waals surface area contributed by atoms with Crippen LogP contribution in [0, 0.1) is 0 Å². The number of rotatable bonds is 10. The van der Waals surface area contributed by atoms with Gasteiger partial charge in [-0.15, -0.1) is 0 Å². The maximum absolute atomic E-state index is 12.1. The Kier molecular flexibility index (Phi) is 8.53. The van der Waals surface area contributed by atoms with Crippen molar-refractivity contribution in [3.8, 4) is 5.75 Å². The molecular formula is C23H30N2O3. The van der Waals surface area contributed by atoms with Crippen LogP contribution in [0.25, 0.3) is 0 Å². The van der Waals surface area contributed by atoms with Crippen LogP contribution in [0.5, 0.6) is 5.75 Å². The highest BCUT2D eigenvalue weighted by molar-refractivity contribution is 5.94. The Morgan fingerprint density at radius 1 is 0.929 bits per heavy atom. The van der Waals surface area contributed by atoms with Gasteiger partial charge in [0, 0.05) is 17.8 Å². The molecule has 0 unspecified atom stereocenters. The molecule has 0 aromatic heterocycles. The smallest absolute Gasteiger partial charge is 0.262 e. The number of unbranched alkanes of at least 4 members (excludes halogenated alkanes) is 2. The van der Waals surface area contributed by atoms with Crippen molar-refractivity contribution < 1.29 is 14.3 Å². The van der Waals surface area contributed by atoms with Gasteiger partial charge in [0.1, 0.15) is 5.75 Å². The van der Waals surface area contributed by atoms with Crippen LogP contribution in [-0.2, 0) is 9.59 Å². The third-order valence-corrected chi connectivity index (χ3v) is 4.35. The van der Waals surface area contributed by atoms with Crippen LogP contribution in [0.2, 0.25) is 0 Å². The molecule has 0 fully saturated rings. The summed E-state index contributed by atoms with van der Waals surface area (Å²) in [6.07, 6.45) is 3.52. The van der Waals surface area contributed by atoms with E-state index < -0.39 is 0 Å². The Bertz CT molecular complexity index is 770. The van der Waals surface area contributed by atoms with Crippen molar-refractivity contribution in [3.63, 3.8) is 0 Å². The second kappa shape index (κ2) is 11.1. The number of amides is 2. The minimum atomic E-state index is -0.251. The fraction of sp³-hybridized carbons (Fsp3) is 0.391. The average molecular weight is 383 g/mol. The summed E-state index contributed by atoms with van der Waals surface area (Å²) in [6, 6.07) is 14.9. The highest BCUT2D eigenvalue weighted by Crippen LogP contribution is 2.19. The van der Waals surface area contributed by atoms with E-state index >= 15 is 0 Å². The molecule has 0 radical (unpaired) electrons. The molecule has 2 N–H and O–H groups in total. The number of carbonyl (C=O) groups is 2. The lowest BCUT2D eigenvalue weighted by Gasteiger charge is -2.11. The summed E-state index contributed by atoms with van der Waals surface area (Å²) in [6.45, 7) is 6.29. The zero-order chi connectivity index (χ0) is 20.4. The normalized spacial score (nSPS) is 10.6. The van der Waals surface area contributed by atoms with Crippen molar-refractivity contribution in [2.24, 2.45) is 0 Å². The molecule has 0 saturated carbocycles. The zero-order valence-electron chi connectivity index (χ0n) is 17.0. The zero-order valence-corrected chi connectivity index (χ0v) is 17.0. The molecule has 0 aliphatic carbocycles. The lowest BCUT2D eigenvalue weighted by atomic mass is 10.0. The van der Waals surface area contributed by atoms with Gasteiger partial charge in [0.2, 0.25) is 5.91 Å². The van der Waals surface area contributed by atoms with E-state index in [2.05, 4.69) is 31.4 Å². The SMILES string of the molecule is CCCCCC(=O)Nc1cccc(NC(=O)COc2ccc(C(C)C)cc2)c1. The van der Waals surface area contributed by atoms with E-state index in [1.165, 1.54) is 5.56 Å². The molecule has 2 amide bonds. The van der Waals surface area contributed by atoms with E-state index in [1.807, 2.05) is 24.3 Å². The summed E-state index contributed by atoms with van der Waals surface area (Å²) in [5.74, 6) is 0.855. The molecule has 0 saturated heterocycles. The van der Waals surface area contributed by atoms with Gasteiger partial charge in [0.25, 0.3) is 5.91 Å². The van der Waals surface area contributed by atoms with Gasteiger partial charge >= 0.3 is 0 Å². The first-order valence-corrected chi connectivity index (χ1v) is 9.90. The predicted molar refractivity (Wildman–Crippen MR) is 114 cm³/mol. The third kappa shape index (κ3) is 7.43. The van der Waals surface area contributed by atoms with Gasteiger partial charge in [0.15, 0.2) is 6.61 Å². The molecule has 150 valence electrons. The molecule has 28 heavy (non-hydrogen) atoms. The molecule has 0 aliphatic heterocycles. The van der Waals surface area contributed by atoms with Gasteiger partial charge in [-0.05, 0) is 48.2 Å². The molecule has 2 rings (SSSR count). The maximum Gasteiger partial charge on any atom is 0.262 e. The molecule has 2 aromatic rings. The monoisotopic (exact) mass is 382 g/mol. The van der Waals surface area contributed by atoms with Crippen LogP contribution in [0.1, 0.15) is 57.9 Å². The summed E-state index contributed by atoms with van der Waals surface area (Å²) >= 11 is 0.